The summed E-state index contributed by atoms with van der Waals surface area (Å²) in [6, 6.07) is 7.16. The predicted octanol–water partition coefficient (Wildman–Crippen LogP) is 1.47. The van der Waals surface area contributed by atoms with Gasteiger partial charge in [0.15, 0.2) is 0 Å². The van der Waals surface area contributed by atoms with E-state index in [4.69, 9.17) is 6.42 Å². The number of hydrogen-bond acceptors (Lipinski definition) is 3. The van der Waals surface area contributed by atoms with Crippen LogP contribution in [0.1, 0.15) is 35.2 Å². The largest absolute Gasteiger partial charge is 0.351 e. The predicted molar refractivity (Wildman–Crippen MR) is 92.3 cm³/mol. The van der Waals surface area contributed by atoms with Crippen LogP contribution in [0.25, 0.3) is 0 Å². The highest BCUT2D eigenvalue weighted by molar-refractivity contribution is 5.94. The number of terminal acetylenes is 1. The van der Waals surface area contributed by atoms with Crippen molar-refractivity contribution in [3.05, 3.63) is 35.4 Å². The van der Waals surface area contributed by atoms with Crippen molar-refractivity contribution >= 4 is 5.91 Å². The zero-order valence-corrected chi connectivity index (χ0v) is 13.6. The Morgan fingerprint density at radius 3 is 2.61 bits per heavy atom. The lowest BCUT2D eigenvalue weighted by Crippen LogP contribution is -2.44. The Labute approximate surface area is 138 Å². The Hall–Kier alpha value is -1.83. The summed E-state index contributed by atoms with van der Waals surface area (Å²) in [5, 5.41) is 6.49. The molecule has 0 saturated carbocycles. The smallest absolute Gasteiger partial charge is 0.251 e. The van der Waals surface area contributed by atoms with Gasteiger partial charge in [0.2, 0.25) is 0 Å². The highest BCUT2D eigenvalue weighted by atomic mass is 16.1. The van der Waals surface area contributed by atoms with Crippen LogP contribution in [0, 0.1) is 17.8 Å². The maximum atomic E-state index is 12.1. The molecular weight excluding hydrogens is 286 g/mol. The fourth-order valence-electron chi connectivity index (χ4n) is 3.62. The monoisotopic (exact) mass is 311 g/mol. The standard InChI is InChI=1S/C19H25N3O/c1-2-16-3-5-17(6-4-16)18(23)21-11-14-22-12-8-19(9-13-22)7-10-20-15-19/h1,3-6,20H,7-15H2,(H,21,23). The average Bonchev–Trinajstić information content (AvgIpc) is 3.05. The number of nitrogens with zero attached hydrogens (tertiary/aromatic N) is 1. The van der Waals surface area contributed by atoms with Crippen molar-refractivity contribution < 1.29 is 4.79 Å². The summed E-state index contributed by atoms with van der Waals surface area (Å²) in [6.45, 7) is 6.28. The number of hydrogen-bond donors (Lipinski definition) is 2. The molecule has 4 heteroatoms. The highest BCUT2D eigenvalue weighted by Crippen LogP contribution is 2.36. The van der Waals surface area contributed by atoms with E-state index in [0.29, 0.717) is 17.5 Å². The van der Waals surface area contributed by atoms with Gasteiger partial charge in [-0.15, -0.1) is 6.42 Å². The molecule has 0 atom stereocenters. The minimum Gasteiger partial charge on any atom is -0.351 e. The van der Waals surface area contributed by atoms with Gasteiger partial charge in [0.25, 0.3) is 5.91 Å². The second kappa shape index (κ2) is 7.16. The third-order valence-corrected chi connectivity index (χ3v) is 5.28. The Kier molecular flexibility index (Phi) is 5.00. The van der Waals surface area contributed by atoms with Crippen LogP contribution in [0.2, 0.25) is 0 Å². The van der Waals surface area contributed by atoms with E-state index >= 15 is 0 Å². The van der Waals surface area contributed by atoms with E-state index in [1.807, 2.05) is 0 Å². The third kappa shape index (κ3) is 3.93. The van der Waals surface area contributed by atoms with Gasteiger partial charge in [0.1, 0.15) is 0 Å². The van der Waals surface area contributed by atoms with Crippen molar-refractivity contribution in [1.29, 1.82) is 0 Å². The molecule has 2 fully saturated rings. The maximum Gasteiger partial charge on any atom is 0.251 e. The first-order valence-corrected chi connectivity index (χ1v) is 8.49. The van der Waals surface area contributed by atoms with Crippen molar-refractivity contribution in [2.45, 2.75) is 19.3 Å². The van der Waals surface area contributed by atoms with Gasteiger partial charge >= 0.3 is 0 Å². The highest BCUT2D eigenvalue weighted by Gasteiger charge is 2.36. The van der Waals surface area contributed by atoms with Crippen LogP contribution in [0.3, 0.4) is 0 Å². The molecule has 2 heterocycles. The number of nitrogens with one attached hydrogen (secondary N) is 2. The summed E-state index contributed by atoms with van der Waals surface area (Å²) < 4.78 is 0. The molecule has 1 spiro atoms. The van der Waals surface area contributed by atoms with E-state index in [9.17, 15) is 4.79 Å². The molecule has 2 aliphatic rings. The second-order valence-corrected chi connectivity index (χ2v) is 6.75. The zero-order chi connectivity index (χ0) is 16.1. The maximum absolute atomic E-state index is 12.1. The molecule has 0 aliphatic carbocycles. The number of amides is 1. The van der Waals surface area contributed by atoms with Crippen molar-refractivity contribution in [1.82, 2.24) is 15.5 Å². The van der Waals surface area contributed by atoms with E-state index < -0.39 is 0 Å². The molecule has 23 heavy (non-hydrogen) atoms. The Morgan fingerprint density at radius 1 is 1.26 bits per heavy atom. The average molecular weight is 311 g/mol. The molecule has 4 nitrogen and oxygen atoms in total. The fourth-order valence-corrected chi connectivity index (χ4v) is 3.62. The van der Waals surface area contributed by atoms with Crippen LogP contribution in [-0.4, -0.2) is 50.1 Å². The van der Waals surface area contributed by atoms with Crippen LogP contribution in [0.15, 0.2) is 24.3 Å². The van der Waals surface area contributed by atoms with Crippen LogP contribution in [0.5, 0.6) is 0 Å². The lowest BCUT2D eigenvalue weighted by atomic mass is 9.78. The summed E-state index contributed by atoms with van der Waals surface area (Å²) in [6.07, 6.45) is 9.20. The molecule has 0 radical (unpaired) electrons. The van der Waals surface area contributed by atoms with Crippen LogP contribution < -0.4 is 10.6 Å². The van der Waals surface area contributed by atoms with E-state index in [2.05, 4.69) is 21.5 Å². The van der Waals surface area contributed by atoms with Crippen molar-refractivity contribution in [2.75, 3.05) is 39.3 Å². The molecule has 0 bridgehead atoms. The van der Waals surface area contributed by atoms with Gasteiger partial charge in [-0.1, -0.05) is 5.92 Å². The molecule has 2 aliphatic heterocycles. The summed E-state index contributed by atoms with van der Waals surface area (Å²) in [7, 11) is 0. The summed E-state index contributed by atoms with van der Waals surface area (Å²) in [4.78, 5) is 14.6. The SMILES string of the molecule is C#Cc1ccc(C(=O)NCCN2CCC3(CCNC3)CC2)cc1. The van der Waals surface area contributed by atoms with Crippen LogP contribution >= 0.6 is 0 Å². The van der Waals surface area contributed by atoms with Gasteiger partial charge < -0.3 is 15.5 Å². The molecule has 122 valence electrons. The van der Waals surface area contributed by atoms with Crippen molar-refractivity contribution in [3.63, 3.8) is 0 Å². The normalized spacial score (nSPS) is 20.3. The van der Waals surface area contributed by atoms with Crippen molar-refractivity contribution in [2.24, 2.45) is 5.41 Å². The van der Waals surface area contributed by atoms with Gasteiger partial charge in [-0.3, -0.25) is 4.79 Å². The second-order valence-electron chi connectivity index (χ2n) is 6.75. The molecule has 3 rings (SSSR count). The van der Waals surface area contributed by atoms with Gasteiger partial charge in [-0.05, 0) is 68.6 Å². The lowest BCUT2D eigenvalue weighted by Gasteiger charge is -2.38. The molecular formula is C19H25N3O. The number of likely N-dealkylation sites (tertiary alicyclic amines) is 1. The minimum absolute atomic E-state index is 0.0259. The van der Waals surface area contributed by atoms with E-state index in [0.717, 1.165) is 25.2 Å². The molecule has 2 N–H and O–H groups in total. The van der Waals surface area contributed by atoms with E-state index in [1.165, 1.54) is 32.4 Å². The summed E-state index contributed by atoms with van der Waals surface area (Å²) in [5.74, 6) is 2.53. The number of carbonyl (C=O) groups excluding carboxylic acids is 1. The van der Waals surface area contributed by atoms with Gasteiger partial charge in [0.05, 0.1) is 0 Å². The third-order valence-electron chi connectivity index (χ3n) is 5.28. The molecule has 1 aromatic carbocycles. The summed E-state index contributed by atoms with van der Waals surface area (Å²) >= 11 is 0. The first kappa shape index (κ1) is 16.0. The zero-order valence-electron chi connectivity index (χ0n) is 13.6. The molecule has 0 unspecified atom stereocenters. The summed E-state index contributed by atoms with van der Waals surface area (Å²) in [5.41, 5.74) is 2.02. The Balaban J connectivity index is 1.39. The molecule has 0 aromatic heterocycles. The first-order chi connectivity index (χ1) is 11.2. The Morgan fingerprint density at radius 2 is 2.00 bits per heavy atom. The van der Waals surface area contributed by atoms with Gasteiger partial charge in [0, 0.05) is 30.8 Å². The van der Waals surface area contributed by atoms with E-state index in [-0.39, 0.29) is 5.91 Å². The van der Waals surface area contributed by atoms with Crippen LogP contribution in [-0.2, 0) is 0 Å². The fraction of sp³-hybridized carbons (Fsp3) is 0.526. The quantitative estimate of drug-likeness (QED) is 0.828. The van der Waals surface area contributed by atoms with Crippen LogP contribution in [0.4, 0.5) is 0 Å². The molecule has 2 saturated heterocycles. The van der Waals surface area contributed by atoms with Gasteiger partial charge in [-0.2, -0.15) is 0 Å². The topological polar surface area (TPSA) is 44.4 Å². The number of carbonyl (C=O) groups is 1. The van der Waals surface area contributed by atoms with E-state index in [1.54, 1.807) is 24.3 Å². The number of benzene rings is 1. The van der Waals surface area contributed by atoms with Crippen molar-refractivity contribution in [3.8, 4) is 12.3 Å². The number of piperidine rings is 1. The molecule has 1 amide bonds. The number of rotatable bonds is 4. The first-order valence-electron chi connectivity index (χ1n) is 8.49. The van der Waals surface area contributed by atoms with Gasteiger partial charge in [-0.25, -0.2) is 0 Å². The lowest BCUT2D eigenvalue weighted by molar-refractivity contribution is 0.0927. The Bertz CT molecular complexity index is 572. The molecule has 1 aromatic rings. The minimum atomic E-state index is -0.0259.